The number of imidazole rings is 1. The number of benzene rings is 1. The van der Waals surface area contributed by atoms with E-state index in [2.05, 4.69) is 10.1 Å². The van der Waals surface area contributed by atoms with Gasteiger partial charge in [0.1, 0.15) is 17.2 Å². The van der Waals surface area contributed by atoms with Gasteiger partial charge in [-0.1, -0.05) is 0 Å². The second kappa shape index (κ2) is 4.24. The van der Waals surface area contributed by atoms with Gasteiger partial charge < -0.3 is 4.98 Å². The number of halogens is 2. The van der Waals surface area contributed by atoms with Crippen molar-refractivity contribution >= 4 is 23.4 Å². The molecule has 0 saturated carbocycles. The monoisotopic (exact) mass is 294 g/mol. The number of aromatic nitrogens is 4. The van der Waals surface area contributed by atoms with Crippen LogP contribution in [0.15, 0.2) is 12.1 Å². The van der Waals surface area contributed by atoms with Gasteiger partial charge in [0.15, 0.2) is 10.4 Å². The molecule has 3 aromatic rings. The van der Waals surface area contributed by atoms with Crippen LogP contribution in [0.3, 0.4) is 0 Å². The zero-order chi connectivity index (χ0) is 14.6. The average molecular weight is 294 g/mol. The molecular formula is C13H12F2N4S. The highest BCUT2D eigenvalue weighted by atomic mass is 32.1. The lowest BCUT2D eigenvalue weighted by molar-refractivity contribution is 0.585. The van der Waals surface area contributed by atoms with Crippen LogP contribution < -0.4 is 0 Å². The molecule has 2 heterocycles. The number of nitrogens with zero attached hydrogens (tertiary/aromatic N) is 3. The van der Waals surface area contributed by atoms with E-state index in [-0.39, 0.29) is 11.3 Å². The fourth-order valence-electron chi connectivity index (χ4n) is 2.34. The Hall–Kier alpha value is -2.02. The first-order valence-corrected chi connectivity index (χ1v) is 6.41. The van der Waals surface area contributed by atoms with Crippen molar-refractivity contribution < 1.29 is 8.78 Å². The summed E-state index contributed by atoms with van der Waals surface area (Å²) < 4.78 is 31.3. The van der Waals surface area contributed by atoms with Gasteiger partial charge in [0.25, 0.3) is 0 Å². The molecule has 0 atom stereocenters. The molecule has 0 amide bonds. The number of hydrogen-bond donors (Lipinski definition) is 1. The largest absolute Gasteiger partial charge is 0.327 e. The molecule has 0 unspecified atom stereocenters. The molecule has 0 bridgehead atoms. The maximum absolute atomic E-state index is 14.2. The van der Waals surface area contributed by atoms with Crippen LogP contribution in [0.1, 0.15) is 11.3 Å². The molecule has 0 saturated heterocycles. The van der Waals surface area contributed by atoms with E-state index < -0.39 is 11.6 Å². The van der Waals surface area contributed by atoms with Crippen molar-refractivity contribution in [3.8, 4) is 5.69 Å². The van der Waals surface area contributed by atoms with Crippen LogP contribution >= 0.6 is 12.2 Å². The van der Waals surface area contributed by atoms with Gasteiger partial charge >= 0.3 is 0 Å². The fraction of sp³-hybridized carbons (Fsp3) is 0.231. The Labute approximate surface area is 118 Å². The summed E-state index contributed by atoms with van der Waals surface area (Å²) in [6.45, 7) is 3.34. The first-order valence-electron chi connectivity index (χ1n) is 6.00. The van der Waals surface area contributed by atoms with Crippen LogP contribution in [0, 0.1) is 30.3 Å². The van der Waals surface area contributed by atoms with Gasteiger partial charge in [-0.2, -0.15) is 5.10 Å². The SMILES string of the molecule is Cc1cc(F)c(-n2c(=S)[nH]c3c(C)nn(C)c32)cc1F. The highest BCUT2D eigenvalue weighted by molar-refractivity contribution is 7.71. The van der Waals surface area contributed by atoms with Crippen LogP contribution in [0.2, 0.25) is 0 Å². The minimum atomic E-state index is -0.528. The first kappa shape index (κ1) is 13.0. The fourth-order valence-corrected chi connectivity index (χ4v) is 2.63. The van der Waals surface area contributed by atoms with Gasteiger partial charge in [-0.15, -0.1) is 0 Å². The molecule has 3 rings (SSSR count). The summed E-state index contributed by atoms with van der Waals surface area (Å²) in [6, 6.07) is 2.31. The molecular weight excluding hydrogens is 282 g/mol. The number of nitrogens with one attached hydrogen (secondary N) is 1. The van der Waals surface area contributed by atoms with Crippen molar-refractivity contribution in [3.05, 3.63) is 39.8 Å². The molecule has 0 radical (unpaired) electrons. The van der Waals surface area contributed by atoms with Crippen molar-refractivity contribution in [1.82, 2.24) is 19.3 Å². The number of rotatable bonds is 1. The highest BCUT2D eigenvalue weighted by Crippen LogP contribution is 2.25. The lowest BCUT2D eigenvalue weighted by Crippen LogP contribution is -2.04. The van der Waals surface area contributed by atoms with E-state index in [0.29, 0.717) is 10.4 Å². The number of fused-ring (bicyclic) bond motifs is 1. The van der Waals surface area contributed by atoms with Gasteiger partial charge in [-0.3, -0.25) is 4.57 Å². The van der Waals surface area contributed by atoms with Crippen molar-refractivity contribution in [1.29, 1.82) is 0 Å². The lowest BCUT2D eigenvalue weighted by atomic mass is 10.2. The Bertz CT molecular complexity index is 888. The van der Waals surface area contributed by atoms with E-state index in [1.54, 1.807) is 11.7 Å². The normalized spacial score (nSPS) is 11.4. The minimum absolute atomic E-state index is 0.0763. The summed E-state index contributed by atoms with van der Waals surface area (Å²) in [5, 5.41) is 4.25. The van der Waals surface area contributed by atoms with Gasteiger partial charge in [0.2, 0.25) is 0 Å². The Kier molecular flexibility index (Phi) is 2.75. The summed E-state index contributed by atoms with van der Waals surface area (Å²) in [7, 11) is 1.73. The van der Waals surface area contributed by atoms with E-state index in [1.165, 1.54) is 11.5 Å². The van der Waals surface area contributed by atoms with Gasteiger partial charge in [0.05, 0.1) is 11.4 Å². The number of aromatic amines is 1. The minimum Gasteiger partial charge on any atom is -0.327 e. The third-order valence-corrected chi connectivity index (χ3v) is 3.59. The van der Waals surface area contributed by atoms with Crippen LogP contribution in [0.4, 0.5) is 8.78 Å². The Balaban J connectivity index is 2.44. The molecule has 1 aromatic carbocycles. The Morgan fingerprint density at radius 1 is 1.20 bits per heavy atom. The smallest absolute Gasteiger partial charge is 0.184 e. The Morgan fingerprint density at radius 2 is 1.90 bits per heavy atom. The molecule has 0 aliphatic rings. The van der Waals surface area contributed by atoms with E-state index in [9.17, 15) is 8.78 Å². The second-order valence-corrected chi connectivity index (χ2v) is 5.11. The molecule has 1 N–H and O–H groups in total. The molecule has 7 heteroatoms. The number of H-pyrrole nitrogens is 1. The summed E-state index contributed by atoms with van der Waals surface area (Å²) in [5.74, 6) is -1.00. The van der Waals surface area contributed by atoms with E-state index >= 15 is 0 Å². The van der Waals surface area contributed by atoms with Crippen LogP contribution in [0.5, 0.6) is 0 Å². The predicted molar refractivity (Wildman–Crippen MR) is 74.6 cm³/mol. The standard InChI is InChI=1S/C13H12F2N4S/c1-6-4-9(15)10(5-8(6)14)19-12-11(16-13(19)20)7(2)17-18(12)3/h4-5H,1-3H3,(H,16,20). The van der Waals surface area contributed by atoms with Crippen LogP contribution in [-0.2, 0) is 7.05 Å². The van der Waals surface area contributed by atoms with Crippen LogP contribution in [0.25, 0.3) is 16.9 Å². The van der Waals surface area contributed by atoms with Crippen molar-refractivity contribution in [2.45, 2.75) is 13.8 Å². The van der Waals surface area contributed by atoms with Crippen molar-refractivity contribution in [3.63, 3.8) is 0 Å². The maximum atomic E-state index is 14.2. The average Bonchev–Trinajstić information content (AvgIpc) is 2.83. The van der Waals surface area contributed by atoms with Crippen molar-refractivity contribution in [2.75, 3.05) is 0 Å². The third kappa shape index (κ3) is 1.70. The van der Waals surface area contributed by atoms with Gasteiger partial charge in [-0.25, -0.2) is 13.5 Å². The Morgan fingerprint density at radius 3 is 2.60 bits per heavy atom. The molecule has 4 nitrogen and oxygen atoms in total. The molecule has 0 fully saturated rings. The molecule has 2 aromatic heterocycles. The van der Waals surface area contributed by atoms with E-state index in [0.717, 1.165) is 23.3 Å². The summed E-state index contributed by atoms with van der Waals surface area (Å²) in [5.41, 5.74) is 2.41. The summed E-state index contributed by atoms with van der Waals surface area (Å²) in [6.07, 6.45) is 0. The molecule has 0 aliphatic heterocycles. The number of hydrogen-bond acceptors (Lipinski definition) is 2. The van der Waals surface area contributed by atoms with Crippen LogP contribution in [-0.4, -0.2) is 19.3 Å². The zero-order valence-electron chi connectivity index (χ0n) is 11.2. The van der Waals surface area contributed by atoms with E-state index in [1.807, 2.05) is 6.92 Å². The first-order chi connectivity index (χ1) is 9.40. The van der Waals surface area contributed by atoms with Gasteiger partial charge in [0, 0.05) is 13.1 Å². The predicted octanol–water partition coefficient (Wildman–Crippen LogP) is 3.32. The number of aryl methyl sites for hydroxylation is 3. The topological polar surface area (TPSA) is 38.5 Å². The molecule has 0 spiro atoms. The third-order valence-electron chi connectivity index (χ3n) is 3.31. The summed E-state index contributed by atoms with van der Waals surface area (Å²) >= 11 is 5.22. The van der Waals surface area contributed by atoms with Crippen molar-refractivity contribution in [2.24, 2.45) is 7.05 Å². The molecule has 20 heavy (non-hydrogen) atoms. The second-order valence-electron chi connectivity index (χ2n) is 4.73. The maximum Gasteiger partial charge on any atom is 0.184 e. The lowest BCUT2D eigenvalue weighted by Gasteiger charge is -2.08. The zero-order valence-corrected chi connectivity index (χ0v) is 12.0. The van der Waals surface area contributed by atoms with Gasteiger partial charge in [-0.05, 0) is 37.7 Å². The van der Waals surface area contributed by atoms with E-state index in [4.69, 9.17) is 12.2 Å². The quantitative estimate of drug-likeness (QED) is 0.699. The molecule has 104 valence electrons. The highest BCUT2D eigenvalue weighted by Gasteiger charge is 2.17. The summed E-state index contributed by atoms with van der Waals surface area (Å²) in [4.78, 5) is 2.98. The molecule has 0 aliphatic carbocycles.